The SMILES string of the molecule is COc1ccc(C)cc1[C@@H](C)N[C@@H](C)C(=O)NCc1ccc(C)cc1. The fraction of sp³-hybridized carbons (Fsp3) is 0.381. The van der Waals surface area contributed by atoms with E-state index >= 15 is 0 Å². The highest BCUT2D eigenvalue weighted by Gasteiger charge is 2.18. The van der Waals surface area contributed by atoms with Crippen molar-refractivity contribution in [2.45, 2.75) is 46.3 Å². The average molecular weight is 340 g/mol. The van der Waals surface area contributed by atoms with E-state index in [1.165, 1.54) is 11.1 Å². The van der Waals surface area contributed by atoms with Crippen LogP contribution in [0.4, 0.5) is 0 Å². The summed E-state index contributed by atoms with van der Waals surface area (Å²) in [5.41, 5.74) is 4.53. The summed E-state index contributed by atoms with van der Waals surface area (Å²) in [6.45, 7) is 8.56. The number of carbonyl (C=O) groups excluding carboxylic acids is 1. The molecule has 0 bridgehead atoms. The lowest BCUT2D eigenvalue weighted by atomic mass is 10.0. The molecule has 0 aliphatic carbocycles. The zero-order valence-electron chi connectivity index (χ0n) is 15.7. The highest BCUT2D eigenvalue weighted by atomic mass is 16.5. The van der Waals surface area contributed by atoms with Crippen molar-refractivity contribution in [2.24, 2.45) is 0 Å². The zero-order chi connectivity index (χ0) is 18.4. The van der Waals surface area contributed by atoms with Crippen LogP contribution in [0.5, 0.6) is 5.75 Å². The maximum Gasteiger partial charge on any atom is 0.237 e. The molecule has 0 radical (unpaired) electrons. The molecule has 0 aliphatic rings. The predicted octanol–water partition coefficient (Wildman–Crippen LogP) is 3.67. The summed E-state index contributed by atoms with van der Waals surface area (Å²) in [5, 5.41) is 6.33. The number of hydrogen-bond acceptors (Lipinski definition) is 3. The fourth-order valence-electron chi connectivity index (χ4n) is 2.78. The van der Waals surface area contributed by atoms with E-state index in [2.05, 4.69) is 35.8 Å². The van der Waals surface area contributed by atoms with Crippen molar-refractivity contribution < 1.29 is 9.53 Å². The van der Waals surface area contributed by atoms with Gasteiger partial charge in [-0.25, -0.2) is 0 Å². The molecule has 2 aromatic carbocycles. The first-order valence-corrected chi connectivity index (χ1v) is 8.64. The van der Waals surface area contributed by atoms with Gasteiger partial charge in [0.1, 0.15) is 5.75 Å². The monoisotopic (exact) mass is 340 g/mol. The summed E-state index contributed by atoms with van der Waals surface area (Å²) >= 11 is 0. The number of carbonyl (C=O) groups is 1. The van der Waals surface area contributed by atoms with Crippen LogP contribution in [0.25, 0.3) is 0 Å². The van der Waals surface area contributed by atoms with E-state index in [1.54, 1.807) is 7.11 Å². The van der Waals surface area contributed by atoms with Gasteiger partial charge in [0.15, 0.2) is 0 Å². The van der Waals surface area contributed by atoms with Gasteiger partial charge in [-0.1, -0.05) is 47.5 Å². The number of nitrogens with one attached hydrogen (secondary N) is 2. The van der Waals surface area contributed by atoms with Crippen molar-refractivity contribution in [2.75, 3.05) is 7.11 Å². The van der Waals surface area contributed by atoms with E-state index < -0.39 is 0 Å². The Morgan fingerprint density at radius 2 is 1.68 bits per heavy atom. The summed E-state index contributed by atoms with van der Waals surface area (Å²) in [7, 11) is 1.67. The molecule has 134 valence electrons. The molecule has 0 saturated heterocycles. The first-order chi connectivity index (χ1) is 11.9. The van der Waals surface area contributed by atoms with E-state index in [-0.39, 0.29) is 18.0 Å². The Hall–Kier alpha value is -2.33. The Morgan fingerprint density at radius 3 is 2.32 bits per heavy atom. The topological polar surface area (TPSA) is 50.4 Å². The fourth-order valence-corrected chi connectivity index (χ4v) is 2.78. The van der Waals surface area contributed by atoms with E-state index in [9.17, 15) is 4.79 Å². The summed E-state index contributed by atoms with van der Waals surface area (Å²) < 4.78 is 5.44. The molecule has 0 unspecified atom stereocenters. The Labute approximate surface area is 150 Å². The molecule has 0 saturated carbocycles. The highest BCUT2D eigenvalue weighted by Crippen LogP contribution is 2.26. The molecule has 4 nitrogen and oxygen atoms in total. The number of ether oxygens (including phenoxy) is 1. The summed E-state index contributed by atoms with van der Waals surface area (Å²) in [4.78, 5) is 12.4. The molecule has 2 atom stereocenters. The number of aryl methyl sites for hydroxylation is 2. The molecule has 4 heteroatoms. The quantitative estimate of drug-likeness (QED) is 0.808. The molecule has 2 N–H and O–H groups in total. The van der Waals surface area contributed by atoms with Gasteiger partial charge in [-0.3, -0.25) is 10.1 Å². The van der Waals surface area contributed by atoms with Crippen LogP contribution in [-0.4, -0.2) is 19.1 Å². The Balaban J connectivity index is 1.94. The third kappa shape index (κ3) is 5.33. The van der Waals surface area contributed by atoms with E-state index in [4.69, 9.17) is 4.74 Å². The number of rotatable bonds is 7. The van der Waals surface area contributed by atoms with Crippen LogP contribution in [0, 0.1) is 13.8 Å². The largest absolute Gasteiger partial charge is 0.496 e. The summed E-state index contributed by atoms with van der Waals surface area (Å²) in [6, 6.07) is 14.0. The van der Waals surface area contributed by atoms with Gasteiger partial charge in [-0.2, -0.15) is 0 Å². The lowest BCUT2D eigenvalue weighted by Crippen LogP contribution is -2.42. The number of hydrogen-bond donors (Lipinski definition) is 2. The maximum absolute atomic E-state index is 12.4. The minimum atomic E-state index is -0.300. The van der Waals surface area contributed by atoms with Gasteiger partial charge in [-0.15, -0.1) is 0 Å². The second kappa shape index (κ2) is 8.67. The smallest absolute Gasteiger partial charge is 0.237 e. The van der Waals surface area contributed by atoms with Crippen LogP contribution in [0.15, 0.2) is 42.5 Å². The second-order valence-corrected chi connectivity index (χ2v) is 6.56. The molecule has 1 amide bonds. The van der Waals surface area contributed by atoms with Crippen molar-refractivity contribution in [3.63, 3.8) is 0 Å². The lowest BCUT2D eigenvalue weighted by molar-refractivity contribution is -0.123. The standard InChI is InChI=1S/C21H28N2O2/c1-14-6-9-18(10-7-14)13-22-21(24)17(4)23-16(3)19-12-15(2)8-11-20(19)25-5/h6-12,16-17,23H,13H2,1-5H3,(H,22,24)/t16-,17+/m1/s1. The number of methoxy groups -OCH3 is 1. The Bertz CT molecular complexity index is 710. The molecule has 0 aromatic heterocycles. The average Bonchev–Trinajstić information content (AvgIpc) is 2.60. The molecule has 0 spiro atoms. The predicted molar refractivity (Wildman–Crippen MR) is 102 cm³/mol. The van der Waals surface area contributed by atoms with E-state index in [0.29, 0.717) is 6.54 Å². The zero-order valence-corrected chi connectivity index (χ0v) is 15.7. The van der Waals surface area contributed by atoms with Crippen molar-refractivity contribution in [1.82, 2.24) is 10.6 Å². The van der Waals surface area contributed by atoms with Crippen LogP contribution in [0.1, 0.15) is 42.1 Å². The van der Waals surface area contributed by atoms with Crippen molar-refractivity contribution >= 4 is 5.91 Å². The summed E-state index contributed by atoms with van der Waals surface area (Å²) in [5.74, 6) is 0.817. The number of benzene rings is 2. The minimum absolute atomic E-state index is 0.00924. The molecule has 2 rings (SSSR count). The van der Waals surface area contributed by atoms with E-state index in [1.807, 2.05) is 45.0 Å². The third-order valence-electron chi connectivity index (χ3n) is 4.33. The maximum atomic E-state index is 12.4. The van der Waals surface area contributed by atoms with Gasteiger partial charge < -0.3 is 10.1 Å². The molecular weight excluding hydrogens is 312 g/mol. The van der Waals surface area contributed by atoms with Gasteiger partial charge in [0, 0.05) is 18.2 Å². The van der Waals surface area contributed by atoms with Crippen molar-refractivity contribution in [3.8, 4) is 5.75 Å². The van der Waals surface area contributed by atoms with E-state index in [0.717, 1.165) is 16.9 Å². The molecule has 0 fully saturated rings. The minimum Gasteiger partial charge on any atom is -0.496 e. The van der Waals surface area contributed by atoms with Crippen LogP contribution in [-0.2, 0) is 11.3 Å². The normalized spacial score (nSPS) is 13.2. The number of amides is 1. The van der Waals surface area contributed by atoms with Crippen molar-refractivity contribution in [1.29, 1.82) is 0 Å². The van der Waals surface area contributed by atoms with Crippen LogP contribution in [0.2, 0.25) is 0 Å². The summed E-state index contributed by atoms with van der Waals surface area (Å²) in [6.07, 6.45) is 0. The Morgan fingerprint density at radius 1 is 1.04 bits per heavy atom. The van der Waals surface area contributed by atoms with Crippen molar-refractivity contribution in [3.05, 3.63) is 64.7 Å². The lowest BCUT2D eigenvalue weighted by Gasteiger charge is -2.22. The van der Waals surface area contributed by atoms with Gasteiger partial charge in [0.2, 0.25) is 5.91 Å². The molecule has 0 aliphatic heterocycles. The van der Waals surface area contributed by atoms with Gasteiger partial charge in [0.25, 0.3) is 0 Å². The molecule has 2 aromatic rings. The van der Waals surface area contributed by atoms with Gasteiger partial charge >= 0.3 is 0 Å². The highest BCUT2D eigenvalue weighted by molar-refractivity contribution is 5.81. The second-order valence-electron chi connectivity index (χ2n) is 6.56. The van der Waals surface area contributed by atoms with Crippen LogP contribution in [0.3, 0.4) is 0 Å². The molecule has 0 heterocycles. The van der Waals surface area contributed by atoms with Gasteiger partial charge in [-0.05, 0) is 39.3 Å². The van der Waals surface area contributed by atoms with Crippen LogP contribution < -0.4 is 15.4 Å². The van der Waals surface area contributed by atoms with Crippen LogP contribution >= 0.6 is 0 Å². The molecular formula is C21H28N2O2. The third-order valence-corrected chi connectivity index (χ3v) is 4.33. The first-order valence-electron chi connectivity index (χ1n) is 8.64. The molecule has 25 heavy (non-hydrogen) atoms. The van der Waals surface area contributed by atoms with Gasteiger partial charge in [0.05, 0.1) is 13.2 Å². The Kier molecular flexibility index (Phi) is 6.59. The first kappa shape index (κ1) is 19.0.